The van der Waals surface area contributed by atoms with Crippen molar-refractivity contribution in [2.45, 2.75) is 26.4 Å². The number of H-pyrrole nitrogens is 1. The molecule has 1 aromatic carbocycles. The van der Waals surface area contributed by atoms with Crippen LogP contribution < -0.4 is 5.56 Å². The van der Waals surface area contributed by atoms with E-state index in [1.54, 1.807) is 17.4 Å². The Balaban J connectivity index is 1.58. The van der Waals surface area contributed by atoms with Gasteiger partial charge in [0.25, 0.3) is 11.4 Å². The molecule has 1 atom stereocenters. The molecule has 0 bridgehead atoms. The van der Waals surface area contributed by atoms with Crippen molar-refractivity contribution in [2.24, 2.45) is 0 Å². The molecular formula is C19H19N5O2S. The van der Waals surface area contributed by atoms with Gasteiger partial charge in [-0.25, -0.2) is 4.98 Å². The molecule has 0 aliphatic rings. The quantitative estimate of drug-likeness (QED) is 0.549. The van der Waals surface area contributed by atoms with Crippen LogP contribution >= 0.6 is 11.3 Å². The fourth-order valence-electron chi connectivity index (χ4n) is 2.98. The van der Waals surface area contributed by atoms with E-state index in [0.29, 0.717) is 35.1 Å². The number of para-hydroxylation sites is 1. The summed E-state index contributed by atoms with van der Waals surface area (Å²) < 4.78 is 5.86. The SMILES string of the molecule is CCN(Cc1nc2ccccc2c(=O)[nH]1)C(C)c1nnc(-c2cccs2)o1. The van der Waals surface area contributed by atoms with Crippen LogP contribution in [0.4, 0.5) is 0 Å². The highest BCUT2D eigenvalue weighted by molar-refractivity contribution is 7.13. The first kappa shape index (κ1) is 17.6. The number of thiophene rings is 1. The van der Waals surface area contributed by atoms with Crippen molar-refractivity contribution in [2.75, 3.05) is 6.54 Å². The molecule has 4 rings (SSSR count). The van der Waals surface area contributed by atoms with Gasteiger partial charge >= 0.3 is 0 Å². The third kappa shape index (κ3) is 3.54. The maximum absolute atomic E-state index is 12.3. The molecule has 8 heteroatoms. The molecule has 0 aliphatic heterocycles. The molecule has 0 radical (unpaired) electrons. The van der Waals surface area contributed by atoms with Gasteiger partial charge in [-0.05, 0) is 37.0 Å². The fourth-order valence-corrected chi connectivity index (χ4v) is 3.63. The second-order valence-electron chi connectivity index (χ2n) is 6.19. The van der Waals surface area contributed by atoms with Crippen LogP contribution in [0.2, 0.25) is 0 Å². The Bertz CT molecular complexity index is 1100. The summed E-state index contributed by atoms with van der Waals surface area (Å²) in [6.45, 7) is 5.28. The molecule has 3 heterocycles. The highest BCUT2D eigenvalue weighted by Crippen LogP contribution is 2.27. The number of hydrogen-bond donors (Lipinski definition) is 1. The average Bonchev–Trinajstić information content (AvgIpc) is 3.37. The summed E-state index contributed by atoms with van der Waals surface area (Å²) >= 11 is 1.56. The smallest absolute Gasteiger partial charge is 0.258 e. The molecule has 138 valence electrons. The Morgan fingerprint density at radius 1 is 1.22 bits per heavy atom. The Hall–Kier alpha value is -2.84. The molecule has 1 unspecified atom stereocenters. The Morgan fingerprint density at radius 3 is 2.85 bits per heavy atom. The third-order valence-electron chi connectivity index (χ3n) is 4.50. The van der Waals surface area contributed by atoms with Crippen LogP contribution in [-0.2, 0) is 6.54 Å². The lowest BCUT2D eigenvalue weighted by molar-refractivity contribution is 0.180. The van der Waals surface area contributed by atoms with E-state index in [1.165, 1.54) is 0 Å². The van der Waals surface area contributed by atoms with Crippen LogP contribution in [0.3, 0.4) is 0 Å². The molecule has 4 aromatic rings. The number of nitrogens with zero attached hydrogens (tertiary/aromatic N) is 4. The molecule has 0 amide bonds. The van der Waals surface area contributed by atoms with E-state index in [2.05, 4.69) is 25.1 Å². The van der Waals surface area contributed by atoms with Crippen LogP contribution in [0, 0.1) is 0 Å². The Labute approximate surface area is 159 Å². The lowest BCUT2D eigenvalue weighted by atomic mass is 10.2. The summed E-state index contributed by atoms with van der Waals surface area (Å²) in [5.41, 5.74) is 0.565. The minimum absolute atomic E-state index is 0.104. The van der Waals surface area contributed by atoms with E-state index in [9.17, 15) is 4.79 Å². The second-order valence-corrected chi connectivity index (χ2v) is 7.14. The van der Waals surface area contributed by atoms with Gasteiger partial charge in [-0.2, -0.15) is 0 Å². The lowest BCUT2D eigenvalue weighted by Gasteiger charge is -2.24. The van der Waals surface area contributed by atoms with E-state index < -0.39 is 0 Å². The lowest BCUT2D eigenvalue weighted by Crippen LogP contribution is -2.28. The zero-order valence-corrected chi connectivity index (χ0v) is 15.9. The van der Waals surface area contributed by atoms with Crippen LogP contribution in [0.15, 0.2) is 51.0 Å². The number of nitrogens with one attached hydrogen (secondary N) is 1. The number of fused-ring (bicyclic) bond motifs is 1. The fraction of sp³-hybridized carbons (Fsp3) is 0.263. The first-order valence-electron chi connectivity index (χ1n) is 8.75. The highest BCUT2D eigenvalue weighted by Gasteiger charge is 2.22. The summed E-state index contributed by atoms with van der Waals surface area (Å²) in [6, 6.07) is 11.1. The zero-order valence-electron chi connectivity index (χ0n) is 15.0. The van der Waals surface area contributed by atoms with Crippen molar-refractivity contribution in [1.82, 2.24) is 25.1 Å². The average molecular weight is 381 g/mol. The standard InChI is InChI=1S/C19H19N5O2S/c1-3-24(11-16-20-14-8-5-4-7-13(14)17(25)21-16)12(2)18-22-23-19(26-18)15-9-6-10-27-15/h4-10,12H,3,11H2,1-2H3,(H,20,21,25). The van der Waals surface area contributed by atoms with Crippen molar-refractivity contribution in [1.29, 1.82) is 0 Å². The zero-order chi connectivity index (χ0) is 18.8. The van der Waals surface area contributed by atoms with Crippen LogP contribution in [0.5, 0.6) is 0 Å². The van der Waals surface area contributed by atoms with E-state index >= 15 is 0 Å². The summed E-state index contributed by atoms with van der Waals surface area (Å²) in [5, 5.41) is 10.9. The van der Waals surface area contributed by atoms with Gasteiger partial charge in [-0.15, -0.1) is 21.5 Å². The molecule has 0 saturated carbocycles. The number of aromatic amines is 1. The van der Waals surface area contributed by atoms with Gasteiger partial charge in [-0.1, -0.05) is 25.1 Å². The molecule has 27 heavy (non-hydrogen) atoms. The molecular weight excluding hydrogens is 362 g/mol. The van der Waals surface area contributed by atoms with Crippen LogP contribution in [-0.4, -0.2) is 31.6 Å². The molecule has 1 N–H and O–H groups in total. The summed E-state index contributed by atoms with van der Waals surface area (Å²) in [7, 11) is 0. The van der Waals surface area contributed by atoms with Gasteiger partial charge in [0.15, 0.2) is 0 Å². The van der Waals surface area contributed by atoms with Crippen molar-refractivity contribution in [3.05, 3.63) is 63.8 Å². The van der Waals surface area contributed by atoms with Gasteiger partial charge < -0.3 is 9.40 Å². The summed E-state index contributed by atoms with van der Waals surface area (Å²) in [5.74, 6) is 1.69. The highest BCUT2D eigenvalue weighted by atomic mass is 32.1. The second kappa shape index (κ2) is 7.42. The molecule has 0 aliphatic carbocycles. The van der Waals surface area contributed by atoms with E-state index in [0.717, 1.165) is 11.4 Å². The van der Waals surface area contributed by atoms with Crippen molar-refractivity contribution >= 4 is 22.2 Å². The molecule has 7 nitrogen and oxygen atoms in total. The first-order valence-corrected chi connectivity index (χ1v) is 9.63. The van der Waals surface area contributed by atoms with E-state index in [1.807, 2.05) is 49.6 Å². The van der Waals surface area contributed by atoms with Gasteiger partial charge in [0, 0.05) is 0 Å². The normalized spacial score (nSPS) is 12.7. The molecule has 0 saturated heterocycles. The number of rotatable bonds is 6. The van der Waals surface area contributed by atoms with Gasteiger partial charge in [0.1, 0.15) is 5.82 Å². The van der Waals surface area contributed by atoms with Gasteiger partial charge in [0.05, 0.1) is 28.4 Å². The molecule has 0 fully saturated rings. The summed E-state index contributed by atoms with van der Waals surface area (Å²) in [6.07, 6.45) is 0. The number of aromatic nitrogens is 4. The largest absolute Gasteiger partial charge is 0.418 e. The summed E-state index contributed by atoms with van der Waals surface area (Å²) in [4.78, 5) is 22.8. The Morgan fingerprint density at radius 2 is 2.07 bits per heavy atom. The van der Waals surface area contributed by atoms with Crippen LogP contribution in [0.25, 0.3) is 21.7 Å². The monoisotopic (exact) mass is 381 g/mol. The maximum atomic E-state index is 12.3. The number of benzene rings is 1. The van der Waals surface area contributed by atoms with Gasteiger partial charge in [0.2, 0.25) is 5.89 Å². The molecule has 3 aromatic heterocycles. The van der Waals surface area contributed by atoms with Crippen molar-refractivity contribution in [3.8, 4) is 10.8 Å². The van der Waals surface area contributed by atoms with E-state index in [4.69, 9.17) is 4.42 Å². The predicted molar refractivity (Wildman–Crippen MR) is 104 cm³/mol. The maximum Gasteiger partial charge on any atom is 0.258 e. The topological polar surface area (TPSA) is 87.9 Å². The van der Waals surface area contributed by atoms with Crippen LogP contribution in [0.1, 0.15) is 31.6 Å². The number of hydrogen-bond acceptors (Lipinski definition) is 7. The molecule has 0 spiro atoms. The predicted octanol–water partition coefficient (Wildman–Crippen LogP) is 3.62. The van der Waals surface area contributed by atoms with Gasteiger partial charge in [-0.3, -0.25) is 9.69 Å². The minimum atomic E-state index is -0.128. The Kier molecular flexibility index (Phi) is 4.83. The van der Waals surface area contributed by atoms with E-state index in [-0.39, 0.29) is 11.6 Å². The van der Waals surface area contributed by atoms with Crippen molar-refractivity contribution < 1.29 is 4.42 Å². The minimum Gasteiger partial charge on any atom is -0.418 e. The first-order chi connectivity index (χ1) is 13.2. The van der Waals surface area contributed by atoms with Crippen molar-refractivity contribution in [3.63, 3.8) is 0 Å². The third-order valence-corrected chi connectivity index (χ3v) is 5.36.